The van der Waals surface area contributed by atoms with Crippen molar-refractivity contribution in [3.8, 4) is 11.3 Å². The number of carbonyl (C=O) groups excluding carboxylic acids is 1. The van der Waals surface area contributed by atoms with Gasteiger partial charge in [0.2, 0.25) is 10.0 Å². The van der Waals surface area contributed by atoms with Crippen LogP contribution in [0.3, 0.4) is 0 Å². The Kier molecular flexibility index (Phi) is 6.28. The molecule has 2 aromatic carbocycles. The van der Waals surface area contributed by atoms with Crippen LogP contribution < -0.4 is 15.2 Å². The summed E-state index contributed by atoms with van der Waals surface area (Å²) >= 11 is 0. The van der Waals surface area contributed by atoms with Crippen LogP contribution in [0.25, 0.3) is 11.3 Å². The molecule has 1 amide bonds. The number of carbonyl (C=O) groups is 1. The van der Waals surface area contributed by atoms with Crippen molar-refractivity contribution in [2.75, 3.05) is 18.0 Å². The predicted octanol–water partition coefficient (Wildman–Crippen LogP) is 2.34. The van der Waals surface area contributed by atoms with Gasteiger partial charge in [-0.15, -0.1) is 0 Å². The monoisotopic (exact) mass is 492 g/mol. The van der Waals surface area contributed by atoms with Gasteiger partial charge in [0, 0.05) is 37.0 Å². The first kappa shape index (κ1) is 23.6. The molecule has 34 heavy (non-hydrogen) atoms. The molecule has 1 aliphatic heterocycles. The van der Waals surface area contributed by atoms with Crippen LogP contribution >= 0.6 is 0 Å². The number of fused-ring (bicyclic) bond motifs is 1. The van der Waals surface area contributed by atoms with Crippen LogP contribution in [0, 0.1) is 0 Å². The Morgan fingerprint density at radius 3 is 2.50 bits per heavy atom. The molecule has 2 heterocycles. The second kappa shape index (κ2) is 9.03. The minimum Gasteiger partial charge on any atom is -0.304 e. The molecule has 12 heteroatoms. The van der Waals surface area contributed by atoms with E-state index < -0.39 is 22.1 Å². The zero-order chi connectivity index (χ0) is 24.5. The van der Waals surface area contributed by atoms with Gasteiger partial charge in [-0.1, -0.05) is 30.3 Å². The summed E-state index contributed by atoms with van der Waals surface area (Å²) in [6.45, 7) is -0.261. The van der Waals surface area contributed by atoms with Crippen LogP contribution in [0.5, 0.6) is 0 Å². The molecule has 0 radical (unpaired) electrons. The fourth-order valence-electron chi connectivity index (χ4n) is 3.65. The third-order valence-corrected chi connectivity index (χ3v) is 6.80. The number of hydrogen-bond donors (Lipinski definition) is 1. The average Bonchev–Trinajstić information content (AvgIpc) is 3.22. The molecule has 1 N–H and O–H groups in total. The number of hydrogen-bond acceptors (Lipinski definition) is 5. The Balaban J connectivity index is 1.43. The highest BCUT2D eigenvalue weighted by molar-refractivity contribution is 7.89. The summed E-state index contributed by atoms with van der Waals surface area (Å²) in [5, 5.41) is 0. The van der Waals surface area contributed by atoms with Gasteiger partial charge in [-0.25, -0.2) is 18.1 Å². The van der Waals surface area contributed by atoms with E-state index in [0.29, 0.717) is 16.2 Å². The number of amides is 1. The number of nitrogens with one attached hydrogen (secondary N) is 1. The zero-order valence-corrected chi connectivity index (χ0v) is 18.4. The topological polar surface area (TPSA) is 101 Å². The number of benzene rings is 2. The maximum atomic E-state index is 12.8. The van der Waals surface area contributed by atoms with E-state index in [4.69, 9.17) is 0 Å². The normalized spacial score (nSPS) is 13.7. The van der Waals surface area contributed by atoms with Gasteiger partial charge in [0.1, 0.15) is 0 Å². The van der Waals surface area contributed by atoms with Crippen molar-refractivity contribution in [3.05, 3.63) is 76.8 Å². The number of alkyl halides is 3. The smallest absolute Gasteiger partial charge is 0.304 e. The highest BCUT2D eigenvalue weighted by Crippen LogP contribution is 2.33. The fourth-order valence-corrected chi connectivity index (χ4v) is 4.72. The van der Waals surface area contributed by atoms with Crippen LogP contribution in [0.2, 0.25) is 0 Å². The van der Waals surface area contributed by atoms with Crippen LogP contribution in [0.4, 0.5) is 18.9 Å². The predicted molar refractivity (Wildman–Crippen MR) is 118 cm³/mol. The number of sulfonamides is 1. The molecule has 1 aromatic heterocycles. The number of nitrogens with zero attached hydrogens (tertiary/aromatic N) is 3. The molecule has 0 aliphatic carbocycles. The van der Waals surface area contributed by atoms with Gasteiger partial charge in [-0.3, -0.25) is 14.2 Å². The van der Waals surface area contributed by atoms with E-state index in [2.05, 4.69) is 9.71 Å². The molecular formula is C22H19F3N4O4S. The quantitative estimate of drug-likeness (QED) is 0.569. The number of rotatable bonds is 6. The number of halogens is 3. The molecule has 0 saturated carbocycles. The van der Waals surface area contributed by atoms with Crippen molar-refractivity contribution in [2.24, 2.45) is 0 Å². The van der Waals surface area contributed by atoms with Crippen LogP contribution in [0.15, 0.2) is 70.6 Å². The standard InChI is InChI=1S/C22H19F3N4O4S/c23-22(24,25)21(31)29-10-8-16-12-17(6-7-19(16)29)34(32,33)27-9-11-28-14-26-18(13-20(28)30)15-4-2-1-3-5-15/h1-7,12-14,27H,8-11H2. The van der Waals surface area contributed by atoms with E-state index in [1.54, 1.807) is 0 Å². The number of aromatic nitrogens is 2. The van der Waals surface area contributed by atoms with E-state index >= 15 is 0 Å². The van der Waals surface area contributed by atoms with Crippen LogP contribution in [-0.4, -0.2) is 43.1 Å². The average molecular weight is 492 g/mol. The zero-order valence-electron chi connectivity index (χ0n) is 17.6. The summed E-state index contributed by atoms with van der Waals surface area (Å²) in [4.78, 5) is 28.6. The molecule has 0 saturated heterocycles. The minimum absolute atomic E-state index is 0.0267. The first-order valence-corrected chi connectivity index (χ1v) is 11.7. The van der Waals surface area contributed by atoms with Gasteiger partial charge in [0.05, 0.1) is 16.9 Å². The fraction of sp³-hybridized carbons (Fsp3) is 0.227. The number of anilines is 1. The molecule has 1 aliphatic rings. The largest absolute Gasteiger partial charge is 0.471 e. The molecule has 8 nitrogen and oxygen atoms in total. The first-order valence-electron chi connectivity index (χ1n) is 10.2. The highest BCUT2D eigenvalue weighted by atomic mass is 32.2. The second-order valence-corrected chi connectivity index (χ2v) is 9.33. The van der Waals surface area contributed by atoms with E-state index in [0.717, 1.165) is 11.6 Å². The Labute approximate surface area is 192 Å². The minimum atomic E-state index is -5.01. The SMILES string of the molecule is O=C(N1CCc2cc(S(=O)(=O)NCCn3cnc(-c4ccccc4)cc3=O)ccc21)C(F)(F)F. The molecular weight excluding hydrogens is 473 g/mol. The first-order chi connectivity index (χ1) is 16.1. The maximum Gasteiger partial charge on any atom is 0.471 e. The van der Waals surface area contributed by atoms with Crippen molar-refractivity contribution in [2.45, 2.75) is 24.0 Å². The second-order valence-electron chi connectivity index (χ2n) is 7.56. The molecule has 0 unspecified atom stereocenters. The maximum absolute atomic E-state index is 12.8. The summed E-state index contributed by atoms with van der Waals surface area (Å²) in [7, 11) is -3.99. The molecule has 0 bridgehead atoms. The van der Waals surface area contributed by atoms with Crippen molar-refractivity contribution in [3.63, 3.8) is 0 Å². The lowest BCUT2D eigenvalue weighted by Crippen LogP contribution is -2.40. The third-order valence-electron chi connectivity index (χ3n) is 5.34. The molecule has 0 spiro atoms. The van der Waals surface area contributed by atoms with Crippen molar-refractivity contribution >= 4 is 21.6 Å². The van der Waals surface area contributed by atoms with Crippen molar-refractivity contribution in [1.29, 1.82) is 0 Å². The summed E-state index contributed by atoms with van der Waals surface area (Å²) in [6.07, 6.45) is -3.57. The van der Waals surface area contributed by atoms with Crippen molar-refractivity contribution < 1.29 is 26.4 Å². The Morgan fingerprint density at radius 1 is 1.09 bits per heavy atom. The van der Waals surface area contributed by atoms with Gasteiger partial charge < -0.3 is 4.90 Å². The molecule has 0 fully saturated rings. The van der Waals surface area contributed by atoms with Crippen LogP contribution in [-0.2, 0) is 27.8 Å². The van der Waals surface area contributed by atoms with E-state index in [1.807, 2.05) is 30.3 Å². The van der Waals surface area contributed by atoms with Gasteiger partial charge >= 0.3 is 12.1 Å². The van der Waals surface area contributed by atoms with Crippen molar-refractivity contribution in [1.82, 2.24) is 14.3 Å². The van der Waals surface area contributed by atoms with E-state index in [1.165, 1.54) is 29.1 Å². The summed E-state index contributed by atoms with van der Waals surface area (Å²) in [6, 6.07) is 14.1. The Hall–Kier alpha value is -3.51. The van der Waals surface area contributed by atoms with Gasteiger partial charge in [0.15, 0.2) is 0 Å². The summed E-state index contributed by atoms with van der Waals surface area (Å²) < 4.78 is 67.2. The third kappa shape index (κ3) is 4.87. The Morgan fingerprint density at radius 2 is 1.82 bits per heavy atom. The lowest BCUT2D eigenvalue weighted by molar-refractivity contribution is -0.170. The van der Waals surface area contributed by atoms with E-state index in [9.17, 15) is 31.2 Å². The lowest BCUT2D eigenvalue weighted by atomic mass is 10.1. The van der Waals surface area contributed by atoms with Gasteiger partial charge in [-0.2, -0.15) is 13.2 Å². The summed E-state index contributed by atoms with van der Waals surface area (Å²) in [5.41, 5.74) is 1.30. The Bertz CT molecular complexity index is 1390. The van der Waals surface area contributed by atoms with Gasteiger partial charge in [0.25, 0.3) is 5.56 Å². The van der Waals surface area contributed by atoms with E-state index in [-0.39, 0.29) is 42.2 Å². The van der Waals surface area contributed by atoms with Gasteiger partial charge in [-0.05, 0) is 30.2 Å². The molecule has 0 atom stereocenters. The molecule has 4 rings (SSSR count). The van der Waals surface area contributed by atoms with Crippen LogP contribution in [0.1, 0.15) is 5.56 Å². The molecule has 3 aromatic rings. The summed E-state index contributed by atoms with van der Waals surface area (Å²) in [5.74, 6) is -1.99. The lowest BCUT2D eigenvalue weighted by Gasteiger charge is -2.19. The highest BCUT2D eigenvalue weighted by Gasteiger charge is 2.44. The molecule has 178 valence electrons.